The number of rotatable bonds is 7. The van der Waals surface area contributed by atoms with Crippen LogP contribution < -0.4 is 10.6 Å². The van der Waals surface area contributed by atoms with Crippen LogP contribution >= 0.6 is 0 Å². The summed E-state index contributed by atoms with van der Waals surface area (Å²) in [4.78, 5) is 8.66. The van der Waals surface area contributed by atoms with Crippen LogP contribution in [0.5, 0.6) is 0 Å². The molecule has 1 unspecified atom stereocenters. The van der Waals surface area contributed by atoms with Gasteiger partial charge >= 0.3 is 0 Å². The van der Waals surface area contributed by atoms with Crippen molar-refractivity contribution < 1.29 is 5.11 Å². The van der Waals surface area contributed by atoms with Gasteiger partial charge in [0, 0.05) is 26.1 Å². The number of aliphatic hydroxyl groups excluding tert-OH is 1. The SMILES string of the molecule is CCNC(=NCc1ncnn1C)NCC(CO)c1ccccc1. The molecule has 3 N–H and O–H groups in total. The maximum atomic E-state index is 9.62. The normalized spacial score (nSPS) is 12.9. The van der Waals surface area contributed by atoms with Gasteiger partial charge in [0.2, 0.25) is 0 Å². The molecule has 2 rings (SSSR count). The molecule has 0 amide bonds. The van der Waals surface area contributed by atoms with Crippen molar-refractivity contribution in [2.45, 2.75) is 19.4 Å². The summed E-state index contributed by atoms with van der Waals surface area (Å²) in [5.41, 5.74) is 1.10. The fraction of sp³-hybridized carbons (Fsp3) is 0.438. The molecule has 23 heavy (non-hydrogen) atoms. The largest absolute Gasteiger partial charge is 0.396 e. The first-order chi connectivity index (χ1) is 11.2. The summed E-state index contributed by atoms with van der Waals surface area (Å²) in [7, 11) is 1.84. The molecule has 0 spiro atoms. The Balaban J connectivity index is 1.97. The Kier molecular flexibility index (Phi) is 6.56. The molecular weight excluding hydrogens is 292 g/mol. The molecule has 0 saturated carbocycles. The third-order valence-corrected chi connectivity index (χ3v) is 3.54. The molecule has 1 atom stereocenters. The van der Waals surface area contributed by atoms with Gasteiger partial charge in [-0.15, -0.1) is 0 Å². The van der Waals surface area contributed by atoms with Gasteiger partial charge in [0.25, 0.3) is 0 Å². The van der Waals surface area contributed by atoms with Crippen LogP contribution in [-0.2, 0) is 13.6 Å². The number of aliphatic hydroxyl groups is 1. The Morgan fingerprint density at radius 3 is 2.70 bits per heavy atom. The first kappa shape index (κ1) is 17.0. The lowest BCUT2D eigenvalue weighted by Crippen LogP contribution is -2.40. The van der Waals surface area contributed by atoms with E-state index in [0.29, 0.717) is 19.0 Å². The van der Waals surface area contributed by atoms with Crippen LogP contribution in [0.3, 0.4) is 0 Å². The van der Waals surface area contributed by atoms with Crippen LogP contribution in [0.15, 0.2) is 41.7 Å². The van der Waals surface area contributed by atoms with Gasteiger partial charge in [-0.3, -0.25) is 4.68 Å². The average molecular weight is 316 g/mol. The van der Waals surface area contributed by atoms with E-state index in [9.17, 15) is 5.11 Å². The third kappa shape index (κ3) is 5.07. The average Bonchev–Trinajstić information content (AvgIpc) is 2.99. The van der Waals surface area contributed by atoms with E-state index in [0.717, 1.165) is 17.9 Å². The number of hydrogen-bond donors (Lipinski definition) is 3. The highest BCUT2D eigenvalue weighted by Crippen LogP contribution is 2.13. The second kappa shape index (κ2) is 8.89. The molecule has 0 aliphatic rings. The van der Waals surface area contributed by atoms with Crippen molar-refractivity contribution in [3.63, 3.8) is 0 Å². The van der Waals surface area contributed by atoms with E-state index in [4.69, 9.17) is 0 Å². The minimum Gasteiger partial charge on any atom is -0.396 e. The summed E-state index contributed by atoms with van der Waals surface area (Å²) in [5, 5.41) is 20.1. The Labute approximate surface area is 136 Å². The summed E-state index contributed by atoms with van der Waals surface area (Å²) >= 11 is 0. The van der Waals surface area contributed by atoms with E-state index in [1.54, 1.807) is 4.68 Å². The standard InChI is InChI=1S/C16H24N6O/c1-3-17-16(19-10-15-20-12-21-22(15)2)18-9-14(11-23)13-7-5-4-6-8-13/h4-8,12,14,23H,3,9-11H2,1-2H3,(H2,17,18,19). The molecule has 7 nitrogen and oxygen atoms in total. The predicted molar refractivity (Wildman–Crippen MR) is 90.1 cm³/mol. The number of aromatic nitrogens is 3. The molecule has 2 aromatic rings. The van der Waals surface area contributed by atoms with Gasteiger partial charge in [-0.2, -0.15) is 5.10 Å². The van der Waals surface area contributed by atoms with Crippen molar-refractivity contribution in [2.24, 2.45) is 12.0 Å². The number of nitrogens with one attached hydrogen (secondary N) is 2. The maximum absolute atomic E-state index is 9.62. The summed E-state index contributed by atoms with van der Waals surface area (Å²) < 4.78 is 1.70. The Hall–Kier alpha value is -2.41. The van der Waals surface area contributed by atoms with Gasteiger partial charge < -0.3 is 15.7 Å². The highest BCUT2D eigenvalue weighted by Gasteiger charge is 2.11. The van der Waals surface area contributed by atoms with E-state index in [1.165, 1.54) is 6.33 Å². The monoisotopic (exact) mass is 316 g/mol. The Morgan fingerprint density at radius 2 is 2.09 bits per heavy atom. The molecule has 124 valence electrons. The molecule has 0 radical (unpaired) electrons. The Bertz CT molecular complexity index is 610. The maximum Gasteiger partial charge on any atom is 0.191 e. The van der Waals surface area contributed by atoms with Crippen LogP contribution in [0.25, 0.3) is 0 Å². The lowest BCUT2D eigenvalue weighted by Gasteiger charge is -2.18. The van der Waals surface area contributed by atoms with E-state index in [2.05, 4.69) is 25.7 Å². The molecular formula is C16H24N6O. The van der Waals surface area contributed by atoms with Gasteiger partial charge in [0.15, 0.2) is 5.96 Å². The molecule has 0 fully saturated rings. The molecule has 0 saturated heterocycles. The van der Waals surface area contributed by atoms with Gasteiger partial charge in [-0.05, 0) is 12.5 Å². The number of guanidine groups is 1. The number of hydrogen-bond acceptors (Lipinski definition) is 4. The minimum absolute atomic E-state index is 0.0230. The molecule has 0 bridgehead atoms. The molecule has 7 heteroatoms. The summed E-state index contributed by atoms with van der Waals surface area (Å²) in [6.07, 6.45) is 1.52. The lowest BCUT2D eigenvalue weighted by atomic mass is 10.0. The van der Waals surface area contributed by atoms with Crippen LogP contribution in [0, 0.1) is 0 Å². The van der Waals surface area contributed by atoms with Crippen molar-refractivity contribution in [1.29, 1.82) is 0 Å². The number of aliphatic imine (C=N–C) groups is 1. The van der Waals surface area contributed by atoms with Crippen molar-refractivity contribution >= 4 is 5.96 Å². The molecule has 0 aliphatic heterocycles. The van der Waals surface area contributed by atoms with Crippen molar-refractivity contribution in [3.8, 4) is 0 Å². The first-order valence-electron chi connectivity index (χ1n) is 7.75. The van der Waals surface area contributed by atoms with Crippen LogP contribution in [0.1, 0.15) is 24.2 Å². The predicted octanol–water partition coefficient (Wildman–Crippen LogP) is 0.646. The van der Waals surface area contributed by atoms with Gasteiger partial charge in [-0.25, -0.2) is 9.98 Å². The second-order valence-electron chi connectivity index (χ2n) is 5.17. The third-order valence-electron chi connectivity index (χ3n) is 3.54. The zero-order valence-electron chi connectivity index (χ0n) is 13.6. The van der Waals surface area contributed by atoms with Crippen molar-refractivity contribution in [2.75, 3.05) is 19.7 Å². The first-order valence-corrected chi connectivity index (χ1v) is 7.75. The molecule has 0 aliphatic carbocycles. The molecule has 1 aromatic carbocycles. The van der Waals surface area contributed by atoms with Gasteiger partial charge in [0.1, 0.15) is 18.7 Å². The van der Waals surface area contributed by atoms with Crippen LogP contribution in [-0.4, -0.2) is 45.5 Å². The van der Waals surface area contributed by atoms with E-state index >= 15 is 0 Å². The summed E-state index contributed by atoms with van der Waals surface area (Å²) in [6.45, 7) is 3.91. The zero-order chi connectivity index (χ0) is 16.5. The zero-order valence-corrected chi connectivity index (χ0v) is 13.6. The smallest absolute Gasteiger partial charge is 0.191 e. The fourth-order valence-corrected chi connectivity index (χ4v) is 2.19. The molecule has 1 aromatic heterocycles. The quantitative estimate of drug-likeness (QED) is 0.515. The minimum atomic E-state index is 0.0230. The van der Waals surface area contributed by atoms with E-state index in [-0.39, 0.29) is 12.5 Å². The topological polar surface area (TPSA) is 87.4 Å². The van der Waals surface area contributed by atoms with Gasteiger partial charge in [0.05, 0.1) is 6.61 Å². The van der Waals surface area contributed by atoms with Crippen molar-refractivity contribution in [1.82, 2.24) is 25.4 Å². The highest BCUT2D eigenvalue weighted by molar-refractivity contribution is 5.79. The number of nitrogens with zero attached hydrogens (tertiary/aromatic N) is 4. The second-order valence-corrected chi connectivity index (χ2v) is 5.17. The summed E-state index contributed by atoms with van der Waals surface area (Å²) in [6, 6.07) is 9.97. The lowest BCUT2D eigenvalue weighted by molar-refractivity contribution is 0.265. The molecule has 1 heterocycles. The summed E-state index contributed by atoms with van der Waals surface area (Å²) in [5.74, 6) is 1.52. The highest BCUT2D eigenvalue weighted by atomic mass is 16.3. The van der Waals surface area contributed by atoms with E-state index < -0.39 is 0 Å². The van der Waals surface area contributed by atoms with Crippen LogP contribution in [0.2, 0.25) is 0 Å². The van der Waals surface area contributed by atoms with E-state index in [1.807, 2.05) is 44.3 Å². The number of benzene rings is 1. The number of aryl methyl sites for hydroxylation is 1. The van der Waals surface area contributed by atoms with Crippen molar-refractivity contribution in [3.05, 3.63) is 48.0 Å². The van der Waals surface area contributed by atoms with Crippen LogP contribution in [0.4, 0.5) is 0 Å². The van der Waals surface area contributed by atoms with Gasteiger partial charge in [-0.1, -0.05) is 30.3 Å². The Morgan fingerprint density at radius 1 is 1.30 bits per heavy atom. The fourth-order valence-electron chi connectivity index (χ4n) is 2.19.